The highest BCUT2D eigenvalue weighted by atomic mass is 16.5. The number of hydrogen-bond acceptors (Lipinski definition) is 6. The van der Waals surface area contributed by atoms with Crippen LogP contribution in [0.15, 0.2) is 218 Å². The molecule has 0 atom stereocenters. The van der Waals surface area contributed by atoms with Crippen LogP contribution in [-0.2, 0) is 22.7 Å². The fraction of sp³-hybridized carbons (Fsp3) is 0.165. The van der Waals surface area contributed by atoms with Crippen LogP contribution in [0.5, 0.6) is 57.5 Å². The summed E-state index contributed by atoms with van der Waals surface area (Å²) in [5, 5.41) is 0. The molecule has 0 spiro atoms. The minimum Gasteiger partial charge on any atom is -0.458 e. The van der Waals surface area contributed by atoms with Crippen LogP contribution >= 0.6 is 0 Å². The Hall–Kier alpha value is -9.65. The Bertz CT molecular complexity index is 4520. The van der Waals surface area contributed by atoms with Crippen LogP contribution in [0.4, 0.5) is 17.1 Å². The van der Waals surface area contributed by atoms with Crippen molar-refractivity contribution >= 4 is 63.3 Å². The van der Waals surface area contributed by atoms with Gasteiger partial charge in [-0.1, -0.05) is 194 Å². The molecule has 0 saturated heterocycles. The number of ether oxygens (including phenoxy) is 5. The summed E-state index contributed by atoms with van der Waals surface area (Å²) in [6.07, 6.45) is 0.756. The van der Waals surface area contributed by atoms with Gasteiger partial charge in [-0.2, -0.15) is 0 Å². The van der Waals surface area contributed by atoms with E-state index in [-0.39, 0.29) is 29.7 Å². The third kappa shape index (κ3) is 8.61. The van der Waals surface area contributed by atoms with Gasteiger partial charge in [-0.3, -0.25) is 0 Å². The minimum atomic E-state index is -0.299. The van der Waals surface area contributed by atoms with Crippen LogP contribution in [-0.4, -0.2) is 13.4 Å². The van der Waals surface area contributed by atoms with Gasteiger partial charge in [0.15, 0.2) is 0 Å². The first-order valence-corrected chi connectivity index (χ1v) is 30.5. The number of hydrogen-bond donors (Lipinski definition) is 0. The second-order valence-corrected chi connectivity index (χ2v) is 26.7. The molecule has 0 saturated carbocycles. The van der Waals surface area contributed by atoms with E-state index in [0.29, 0.717) is 5.75 Å². The molecule has 0 fully saturated rings. The predicted octanol–water partition coefficient (Wildman–Crippen LogP) is 16.8. The molecule has 0 aliphatic carbocycles. The van der Waals surface area contributed by atoms with Gasteiger partial charge in [0.05, 0.1) is 17.1 Å². The maximum Gasteiger partial charge on any atom is 0.260 e. The van der Waals surface area contributed by atoms with Crippen molar-refractivity contribution in [3.05, 3.63) is 257 Å². The standard InChI is InChI=1S/C79H65B2NO5/c1-47-19-10-12-23-57(47)50-29-33-61-69(38-50)86-73-44-56(45-74-76(73)80(61)62-34-30-51(39-70(62)87-74)58-24-13-11-20-48(58)2)83-55-22-18-21-49(37-55)46-78(6,7)53-32-36-68-64(41-53)81-63-40-52(77(3,4)5)31-35-67(63)84-71-42-54(43-72(85-68)75(71)81)82-65-27-16-14-25-59(65)79(8,9)60-26-15-17-28-66(60)82/h10-45H,46H2,1-9H3. The molecule has 5 heterocycles. The number of nitrogens with zero attached hydrogens (tertiary/aromatic N) is 1. The molecule has 0 amide bonds. The van der Waals surface area contributed by atoms with E-state index in [1.54, 1.807) is 0 Å². The first-order chi connectivity index (χ1) is 42.0. The van der Waals surface area contributed by atoms with Crippen molar-refractivity contribution in [1.29, 1.82) is 0 Å². The zero-order chi connectivity index (χ0) is 59.3. The molecule has 0 unspecified atom stereocenters. The van der Waals surface area contributed by atoms with E-state index in [4.69, 9.17) is 23.7 Å². The van der Waals surface area contributed by atoms with Gasteiger partial charge in [-0.05, 0) is 163 Å². The first kappa shape index (κ1) is 52.9. The van der Waals surface area contributed by atoms with Crippen LogP contribution in [0.25, 0.3) is 22.3 Å². The largest absolute Gasteiger partial charge is 0.458 e. The number of para-hydroxylation sites is 2. The van der Waals surface area contributed by atoms with Crippen molar-refractivity contribution in [3.63, 3.8) is 0 Å². The van der Waals surface area contributed by atoms with Crippen molar-refractivity contribution in [2.45, 2.75) is 85.0 Å². The Labute approximate surface area is 511 Å². The summed E-state index contributed by atoms with van der Waals surface area (Å²) in [5.74, 6) is 7.83. The van der Waals surface area contributed by atoms with E-state index in [9.17, 15) is 0 Å². The van der Waals surface area contributed by atoms with Crippen LogP contribution < -0.4 is 61.4 Å². The summed E-state index contributed by atoms with van der Waals surface area (Å²) in [7, 11) is 0. The van der Waals surface area contributed by atoms with Gasteiger partial charge in [-0.15, -0.1) is 0 Å². The zero-order valence-electron chi connectivity index (χ0n) is 50.6. The highest BCUT2D eigenvalue weighted by molar-refractivity contribution is 6.99. The summed E-state index contributed by atoms with van der Waals surface area (Å²) in [5.41, 5.74) is 22.5. The summed E-state index contributed by atoms with van der Waals surface area (Å²) >= 11 is 0. The van der Waals surface area contributed by atoms with Gasteiger partial charge in [-0.25, -0.2) is 0 Å². The SMILES string of the molecule is Cc1ccccc1-c1ccc2c(c1)Oc1cc(Oc3cccc(CC(C)(C)c4ccc5c(c4)B4c6cc(C(C)(C)C)ccc6Oc6cc(N7c8ccccc8C(C)(C)c8ccccc87)cc(c64)O5)c3)cc3c1B2c1ccc(-c2ccccc2C)cc1O3. The topological polar surface area (TPSA) is 49.4 Å². The van der Waals surface area contributed by atoms with Gasteiger partial charge in [0.25, 0.3) is 13.4 Å². The zero-order valence-corrected chi connectivity index (χ0v) is 50.6. The molecule has 8 heteroatoms. The van der Waals surface area contributed by atoms with Crippen molar-refractivity contribution in [1.82, 2.24) is 0 Å². The third-order valence-corrected chi connectivity index (χ3v) is 19.1. The molecule has 11 aromatic rings. The van der Waals surface area contributed by atoms with Crippen LogP contribution in [0.2, 0.25) is 0 Å². The van der Waals surface area contributed by atoms with Crippen LogP contribution in [0.1, 0.15) is 87.4 Å². The molecule has 422 valence electrons. The van der Waals surface area contributed by atoms with Gasteiger partial charge in [0.2, 0.25) is 0 Å². The monoisotopic (exact) mass is 1130 g/mol. The fourth-order valence-electron chi connectivity index (χ4n) is 14.6. The predicted molar refractivity (Wildman–Crippen MR) is 357 cm³/mol. The highest BCUT2D eigenvalue weighted by Crippen LogP contribution is 2.53. The van der Waals surface area contributed by atoms with Crippen LogP contribution in [0, 0.1) is 13.8 Å². The average Bonchev–Trinajstić information content (AvgIpc) is 0.754. The summed E-state index contributed by atoms with van der Waals surface area (Å²) in [6, 6.07) is 78.6. The second-order valence-electron chi connectivity index (χ2n) is 26.7. The maximum atomic E-state index is 7.15. The van der Waals surface area contributed by atoms with E-state index in [0.717, 1.165) is 125 Å². The van der Waals surface area contributed by atoms with Gasteiger partial charge >= 0.3 is 0 Å². The lowest BCUT2D eigenvalue weighted by Crippen LogP contribution is -2.58. The molecule has 0 aromatic heterocycles. The van der Waals surface area contributed by atoms with E-state index in [2.05, 4.69) is 267 Å². The smallest absolute Gasteiger partial charge is 0.260 e. The van der Waals surface area contributed by atoms with E-state index in [1.807, 2.05) is 18.2 Å². The Balaban J connectivity index is 0.735. The van der Waals surface area contributed by atoms with Crippen molar-refractivity contribution < 1.29 is 23.7 Å². The number of fused-ring (bicyclic) bond motifs is 10. The number of benzene rings is 11. The summed E-state index contributed by atoms with van der Waals surface area (Å²) in [4.78, 5) is 2.39. The molecule has 87 heavy (non-hydrogen) atoms. The summed E-state index contributed by atoms with van der Waals surface area (Å²) < 4.78 is 35.1. The molecule has 6 nitrogen and oxygen atoms in total. The van der Waals surface area contributed by atoms with Gasteiger partial charge in [0.1, 0.15) is 57.5 Å². The van der Waals surface area contributed by atoms with Crippen LogP contribution in [0.3, 0.4) is 0 Å². The number of aryl methyl sites for hydroxylation is 2. The molecule has 0 bridgehead atoms. The number of anilines is 3. The molecule has 0 N–H and O–H groups in total. The number of rotatable bonds is 8. The minimum absolute atomic E-state index is 0.0700. The Morgan fingerprint density at radius 2 is 0.897 bits per heavy atom. The Kier molecular flexibility index (Phi) is 11.8. The lowest BCUT2D eigenvalue weighted by molar-refractivity contribution is 0.442. The molecule has 16 rings (SSSR count). The molecule has 0 radical (unpaired) electrons. The van der Waals surface area contributed by atoms with E-state index >= 15 is 0 Å². The molecule has 11 aromatic carbocycles. The quantitative estimate of drug-likeness (QED) is 0.141. The Morgan fingerprint density at radius 3 is 1.45 bits per heavy atom. The molecular weight excluding hydrogens is 1060 g/mol. The van der Waals surface area contributed by atoms with Crippen molar-refractivity contribution in [2.75, 3.05) is 4.90 Å². The second kappa shape index (κ2) is 19.4. The summed E-state index contributed by atoms with van der Waals surface area (Å²) in [6.45, 7) is 20.3. The van der Waals surface area contributed by atoms with E-state index < -0.39 is 0 Å². The lowest BCUT2D eigenvalue weighted by atomic mass is 9.34. The molecule has 5 aliphatic rings. The first-order valence-electron chi connectivity index (χ1n) is 30.5. The highest BCUT2D eigenvalue weighted by Gasteiger charge is 2.45. The lowest BCUT2D eigenvalue weighted by Gasteiger charge is -2.42. The third-order valence-electron chi connectivity index (χ3n) is 19.1. The van der Waals surface area contributed by atoms with Crippen molar-refractivity contribution in [3.8, 4) is 79.7 Å². The normalized spacial score (nSPS) is 14.2. The molecule has 5 aliphatic heterocycles. The average molecular weight is 1130 g/mol. The fourth-order valence-corrected chi connectivity index (χ4v) is 14.6. The van der Waals surface area contributed by atoms with Gasteiger partial charge in [0, 0.05) is 40.6 Å². The maximum absolute atomic E-state index is 7.15. The van der Waals surface area contributed by atoms with Crippen molar-refractivity contribution in [2.24, 2.45) is 0 Å². The van der Waals surface area contributed by atoms with E-state index in [1.165, 1.54) is 44.5 Å². The molecular formula is C79H65B2NO5. The van der Waals surface area contributed by atoms with Gasteiger partial charge < -0.3 is 28.6 Å². The Morgan fingerprint density at radius 1 is 0.414 bits per heavy atom.